The summed E-state index contributed by atoms with van der Waals surface area (Å²) in [6, 6.07) is 2.72. The molecule has 2 rings (SSSR count). The lowest BCUT2D eigenvalue weighted by Gasteiger charge is -1.98. The molecule has 0 unspecified atom stereocenters. The van der Waals surface area contributed by atoms with Gasteiger partial charge in [0, 0.05) is 16.9 Å². The highest BCUT2D eigenvalue weighted by molar-refractivity contribution is 8.13. The number of fused-ring (bicyclic) bond motifs is 1. The van der Waals surface area contributed by atoms with Crippen molar-refractivity contribution in [1.82, 2.24) is 9.38 Å². The number of hydrogen-bond acceptors (Lipinski definition) is 3. The summed E-state index contributed by atoms with van der Waals surface area (Å²) in [5, 5.41) is 0. The van der Waals surface area contributed by atoms with E-state index in [4.69, 9.17) is 10.7 Å². The van der Waals surface area contributed by atoms with E-state index in [1.54, 1.807) is 0 Å². The van der Waals surface area contributed by atoms with E-state index in [0.717, 1.165) is 0 Å². The highest BCUT2D eigenvalue weighted by Gasteiger charge is 2.13. The van der Waals surface area contributed by atoms with Gasteiger partial charge in [-0.15, -0.1) is 0 Å². The maximum atomic E-state index is 13.2. The van der Waals surface area contributed by atoms with Crippen molar-refractivity contribution in [1.29, 1.82) is 0 Å². The number of nitrogens with zero attached hydrogens (tertiary/aromatic N) is 2. The van der Waals surface area contributed by atoms with Gasteiger partial charge in [-0.1, -0.05) is 0 Å². The van der Waals surface area contributed by atoms with E-state index in [1.165, 1.54) is 28.9 Å². The van der Waals surface area contributed by atoms with Crippen LogP contribution < -0.4 is 0 Å². The second-order valence-corrected chi connectivity index (χ2v) is 5.76. The van der Waals surface area contributed by atoms with Gasteiger partial charge in [0.2, 0.25) is 9.05 Å². The molecule has 7 heteroatoms. The summed E-state index contributed by atoms with van der Waals surface area (Å²) in [5.41, 5.74) is 0.423. The lowest BCUT2D eigenvalue weighted by Crippen LogP contribution is -1.99. The molecule has 4 nitrogen and oxygen atoms in total. The van der Waals surface area contributed by atoms with Gasteiger partial charge in [0.25, 0.3) is 0 Å². The first-order valence-corrected chi connectivity index (χ1v) is 6.48. The predicted molar refractivity (Wildman–Crippen MR) is 53.6 cm³/mol. The molecular formula is C8H6ClFN2O2S. The van der Waals surface area contributed by atoms with E-state index in [9.17, 15) is 12.8 Å². The van der Waals surface area contributed by atoms with Gasteiger partial charge in [-0.25, -0.2) is 17.8 Å². The molecule has 0 amide bonds. The Hall–Kier alpha value is -1.14. The van der Waals surface area contributed by atoms with E-state index in [0.29, 0.717) is 5.69 Å². The molecule has 0 bridgehead atoms. The number of rotatable bonds is 2. The van der Waals surface area contributed by atoms with Gasteiger partial charge in [0.15, 0.2) is 11.5 Å². The Morgan fingerprint density at radius 3 is 2.93 bits per heavy atom. The molecule has 0 atom stereocenters. The number of hydrogen-bond donors (Lipinski definition) is 0. The zero-order valence-corrected chi connectivity index (χ0v) is 8.96. The summed E-state index contributed by atoms with van der Waals surface area (Å²) in [6.07, 6.45) is 2.82. The zero-order chi connectivity index (χ0) is 11.1. The van der Waals surface area contributed by atoms with Crippen molar-refractivity contribution >= 4 is 25.4 Å². The Kier molecular flexibility index (Phi) is 2.40. The molecule has 0 N–H and O–H groups in total. The van der Waals surface area contributed by atoms with Crippen LogP contribution >= 0.6 is 10.7 Å². The molecule has 80 valence electrons. The maximum Gasteiger partial charge on any atom is 0.238 e. The van der Waals surface area contributed by atoms with Crippen molar-refractivity contribution in [3.8, 4) is 0 Å². The third-order valence-electron chi connectivity index (χ3n) is 1.89. The largest absolute Gasteiger partial charge is 0.301 e. The van der Waals surface area contributed by atoms with Crippen LogP contribution in [0, 0.1) is 5.82 Å². The SMILES string of the molecule is O=S(=O)(Cl)Cc1cnc2c(F)cccn12. The van der Waals surface area contributed by atoms with Crippen LogP contribution in [-0.2, 0) is 14.8 Å². The van der Waals surface area contributed by atoms with Crippen LogP contribution in [0.4, 0.5) is 4.39 Å². The molecule has 0 radical (unpaired) electrons. The molecule has 0 saturated carbocycles. The van der Waals surface area contributed by atoms with Gasteiger partial charge in [-0.3, -0.25) is 0 Å². The topological polar surface area (TPSA) is 51.4 Å². The van der Waals surface area contributed by atoms with Crippen molar-refractivity contribution in [2.75, 3.05) is 0 Å². The first kappa shape index (κ1) is 10.4. The van der Waals surface area contributed by atoms with Gasteiger partial charge in [0.05, 0.1) is 11.9 Å². The van der Waals surface area contributed by atoms with E-state index >= 15 is 0 Å². The normalized spacial score (nSPS) is 12.1. The number of halogens is 2. The van der Waals surface area contributed by atoms with Crippen molar-refractivity contribution in [3.63, 3.8) is 0 Å². The first-order valence-electron chi connectivity index (χ1n) is 4.00. The fourth-order valence-corrected chi connectivity index (χ4v) is 2.21. The highest BCUT2D eigenvalue weighted by atomic mass is 35.7. The molecule has 0 aliphatic heterocycles. The predicted octanol–water partition coefficient (Wildman–Crippen LogP) is 1.54. The van der Waals surface area contributed by atoms with E-state index < -0.39 is 14.9 Å². The van der Waals surface area contributed by atoms with Crippen LogP contribution in [0.2, 0.25) is 0 Å². The summed E-state index contributed by atoms with van der Waals surface area (Å²) < 4.78 is 36.2. The van der Waals surface area contributed by atoms with Crippen LogP contribution in [0.25, 0.3) is 5.65 Å². The Morgan fingerprint density at radius 2 is 2.27 bits per heavy atom. The lowest BCUT2D eigenvalue weighted by atomic mass is 10.4. The molecule has 2 heterocycles. The monoisotopic (exact) mass is 248 g/mol. The van der Waals surface area contributed by atoms with Gasteiger partial charge < -0.3 is 4.40 Å². The van der Waals surface area contributed by atoms with Gasteiger partial charge >= 0.3 is 0 Å². The van der Waals surface area contributed by atoms with Crippen LogP contribution in [0.1, 0.15) is 5.69 Å². The first-order chi connectivity index (χ1) is 6.97. The molecule has 0 aromatic carbocycles. The van der Waals surface area contributed by atoms with Crippen molar-refractivity contribution in [3.05, 3.63) is 36.0 Å². The molecule has 0 aliphatic rings. The zero-order valence-electron chi connectivity index (χ0n) is 7.39. The minimum Gasteiger partial charge on any atom is -0.301 e. The summed E-state index contributed by atoms with van der Waals surface area (Å²) in [7, 11) is 1.44. The fourth-order valence-electron chi connectivity index (χ4n) is 1.31. The smallest absolute Gasteiger partial charge is 0.238 e. The number of aromatic nitrogens is 2. The van der Waals surface area contributed by atoms with Crippen LogP contribution in [0.5, 0.6) is 0 Å². The second-order valence-electron chi connectivity index (χ2n) is 2.98. The number of imidazole rings is 1. The summed E-state index contributed by atoms with van der Waals surface area (Å²) >= 11 is 0. The average Bonchev–Trinajstić information content (AvgIpc) is 2.48. The van der Waals surface area contributed by atoms with E-state index in [2.05, 4.69) is 4.98 Å². The summed E-state index contributed by atoms with van der Waals surface area (Å²) in [5.74, 6) is -0.880. The molecule has 0 fully saturated rings. The molecule has 2 aromatic rings. The Labute approximate surface area is 89.7 Å². The average molecular weight is 249 g/mol. The quantitative estimate of drug-likeness (QED) is 0.758. The van der Waals surface area contributed by atoms with Gasteiger partial charge in [-0.2, -0.15) is 0 Å². The Morgan fingerprint density at radius 1 is 1.53 bits per heavy atom. The summed E-state index contributed by atoms with van der Waals surface area (Å²) in [6.45, 7) is 0. The van der Waals surface area contributed by atoms with Crippen LogP contribution in [0.15, 0.2) is 24.5 Å². The summed E-state index contributed by atoms with van der Waals surface area (Å²) in [4.78, 5) is 3.77. The van der Waals surface area contributed by atoms with Crippen LogP contribution in [0.3, 0.4) is 0 Å². The van der Waals surface area contributed by atoms with E-state index in [-0.39, 0.29) is 11.4 Å². The molecule has 2 aromatic heterocycles. The number of pyridine rings is 1. The molecule has 0 aliphatic carbocycles. The third kappa shape index (κ3) is 2.10. The molecule has 0 saturated heterocycles. The standard InChI is InChI=1S/C8H6ClFN2O2S/c9-15(13,14)5-6-4-11-8-7(10)2-1-3-12(6)8/h1-4H,5H2. The third-order valence-corrected chi connectivity index (χ3v) is 2.85. The molecular weight excluding hydrogens is 243 g/mol. The Balaban J connectivity index is 2.60. The molecule has 15 heavy (non-hydrogen) atoms. The van der Waals surface area contributed by atoms with Crippen molar-refractivity contribution < 1.29 is 12.8 Å². The van der Waals surface area contributed by atoms with E-state index in [1.807, 2.05) is 0 Å². The minimum atomic E-state index is -3.66. The van der Waals surface area contributed by atoms with Crippen molar-refractivity contribution in [2.45, 2.75) is 5.75 Å². The van der Waals surface area contributed by atoms with Gasteiger partial charge in [0.1, 0.15) is 5.75 Å². The maximum absolute atomic E-state index is 13.2. The highest BCUT2D eigenvalue weighted by Crippen LogP contribution is 2.14. The van der Waals surface area contributed by atoms with Crippen molar-refractivity contribution in [2.24, 2.45) is 0 Å². The second kappa shape index (κ2) is 3.46. The fraction of sp³-hybridized carbons (Fsp3) is 0.125. The lowest BCUT2D eigenvalue weighted by molar-refractivity contribution is 0.607. The molecule has 0 spiro atoms. The van der Waals surface area contributed by atoms with Gasteiger partial charge in [-0.05, 0) is 12.1 Å². The minimum absolute atomic E-state index is 0.0906. The van der Waals surface area contributed by atoms with Crippen LogP contribution in [-0.4, -0.2) is 17.8 Å². The Bertz CT molecular complexity index is 608.